The minimum absolute atomic E-state index is 0.00114. The number of fused-ring (bicyclic) bond motifs is 1. The molecule has 0 saturated heterocycles. The van der Waals surface area contributed by atoms with Gasteiger partial charge in [-0.2, -0.15) is 0 Å². The van der Waals surface area contributed by atoms with Gasteiger partial charge in [0.25, 0.3) is 11.8 Å². The highest BCUT2D eigenvalue weighted by atomic mass is 79.9. The number of likely N-dealkylation sites (N-methyl/N-ethyl adjacent to an activating group) is 1. The number of rotatable bonds is 11. The van der Waals surface area contributed by atoms with Gasteiger partial charge in [0.05, 0.1) is 23.5 Å². The number of aliphatic carboxylic acids is 1. The standard InChI is InChI=1S/C31H32BrN3O6/c1-19(2)28(33-29(39)23-15-9-11-20-10-7-8-14-22(20)23)24-17-31(41-34-24,21-12-5-4-6-13-21)30(40)35(3)25(16-27(37)38)26(36)18-32/h4-15,19,25,28H,16-18H2,1-3H3,(H,33,39)(H,37,38)/t25-,28-,31?/m0/s1. The van der Waals surface area contributed by atoms with Gasteiger partial charge in [-0.05, 0) is 22.8 Å². The lowest BCUT2D eigenvalue weighted by Crippen LogP contribution is -2.53. The first-order valence-corrected chi connectivity index (χ1v) is 14.4. The normalized spacial score (nSPS) is 17.8. The van der Waals surface area contributed by atoms with Crippen LogP contribution in [0.1, 0.15) is 42.6 Å². The maximum Gasteiger partial charge on any atom is 0.305 e. The van der Waals surface area contributed by atoms with Crippen molar-refractivity contribution in [2.24, 2.45) is 11.1 Å². The monoisotopic (exact) mass is 621 g/mol. The maximum absolute atomic E-state index is 14.1. The highest BCUT2D eigenvalue weighted by Gasteiger charge is 2.52. The number of nitrogens with one attached hydrogen (secondary N) is 1. The second-order valence-electron chi connectivity index (χ2n) is 10.4. The minimum Gasteiger partial charge on any atom is -0.481 e. The Kier molecular flexibility index (Phi) is 9.22. The number of Topliss-reactive ketones (excluding diaryl/α,β-unsaturated/α-hetero) is 1. The van der Waals surface area contributed by atoms with Crippen molar-refractivity contribution in [1.82, 2.24) is 10.2 Å². The molecule has 41 heavy (non-hydrogen) atoms. The molecule has 2 amide bonds. The molecule has 0 fully saturated rings. The van der Waals surface area contributed by atoms with Crippen LogP contribution in [-0.4, -0.2) is 63.7 Å². The van der Waals surface area contributed by atoms with Crippen LogP contribution in [0.15, 0.2) is 78.0 Å². The Morgan fingerprint density at radius 2 is 1.68 bits per heavy atom. The van der Waals surface area contributed by atoms with Crippen molar-refractivity contribution in [3.8, 4) is 0 Å². The number of oxime groups is 1. The smallest absolute Gasteiger partial charge is 0.305 e. The van der Waals surface area contributed by atoms with Crippen LogP contribution >= 0.6 is 15.9 Å². The highest BCUT2D eigenvalue weighted by Crippen LogP contribution is 2.39. The zero-order valence-electron chi connectivity index (χ0n) is 23.0. The Balaban J connectivity index is 1.66. The third-order valence-corrected chi connectivity index (χ3v) is 7.89. The van der Waals surface area contributed by atoms with Crippen LogP contribution in [0.5, 0.6) is 0 Å². The van der Waals surface area contributed by atoms with Crippen molar-refractivity contribution in [2.45, 2.75) is 44.4 Å². The van der Waals surface area contributed by atoms with Gasteiger partial charge in [-0.15, -0.1) is 0 Å². The summed E-state index contributed by atoms with van der Waals surface area (Å²) in [5.41, 5.74) is -0.172. The third kappa shape index (κ3) is 6.17. The first kappa shape index (κ1) is 29.9. The Bertz CT molecular complexity index is 1490. The van der Waals surface area contributed by atoms with E-state index in [-0.39, 0.29) is 23.6 Å². The number of hydrogen-bond acceptors (Lipinski definition) is 6. The molecule has 0 saturated carbocycles. The van der Waals surface area contributed by atoms with Gasteiger partial charge in [-0.3, -0.25) is 19.2 Å². The average molecular weight is 623 g/mol. The van der Waals surface area contributed by atoms with E-state index in [0.29, 0.717) is 16.8 Å². The highest BCUT2D eigenvalue weighted by molar-refractivity contribution is 9.09. The van der Waals surface area contributed by atoms with Crippen molar-refractivity contribution in [3.05, 3.63) is 83.9 Å². The summed E-state index contributed by atoms with van der Waals surface area (Å²) >= 11 is 3.09. The molecule has 3 aromatic carbocycles. The Morgan fingerprint density at radius 3 is 2.34 bits per heavy atom. The van der Waals surface area contributed by atoms with E-state index in [2.05, 4.69) is 26.4 Å². The molecule has 1 heterocycles. The number of halogens is 1. The summed E-state index contributed by atoms with van der Waals surface area (Å²) in [5, 5.41) is 18.5. The molecule has 3 atom stereocenters. The number of carbonyl (C=O) groups excluding carboxylic acids is 3. The topological polar surface area (TPSA) is 125 Å². The van der Waals surface area contributed by atoms with E-state index in [9.17, 15) is 24.3 Å². The van der Waals surface area contributed by atoms with Gasteiger partial charge in [0, 0.05) is 24.6 Å². The molecule has 0 bridgehead atoms. The summed E-state index contributed by atoms with van der Waals surface area (Å²) < 4.78 is 0. The Hall–Kier alpha value is -4.05. The van der Waals surface area contributed by atoms with E-state index < -0.39 is 41.8 Å². The van der Waals surface area contributed by atoms with E-state index >= 15 is 0 Å². The summed E-state index contributed by atoms with van der Waals surface area (Å²) in [6, 6.07) is 20.1. The largest absolute Gasteiger partial charge is 0.481 e. The molecule has 4 rings (SSSR count). The van der Waals surface area contributed by atoms with Gasteiger partial charge in [0.15, 0.2) is 5.78 Å². The average Bonchev–Trinajstić information content (AvgIpc) is 3.43. The lowest BCUT2D eigenvalue weighted by molar-refractivity contribution is -0.160. The van der Waals surface area contributed by atoms with Crippen LogP contribution in [0.2, 0.25) is 0 Å². The summed E-state index contributed by atoms with van der Waals surface area (Å²) in [5.74, 6) is -2.66. The first-order chi connectivity index (χ1) is 19.6. The molecule has 1 unspecified atom stereocenters. The fraction of sp³-hybridized carbons (Fsp3) is 0.323. The maximum atomic E-state index is 14.1. The molecule has 0 aromatic heterocycles. The van der Waals surface area contributed by atoms with Gasteiger partial charge < -0.3 is 20.2 Å². The van der Waals surface area contributed by atoms with E-state index in [1.165, 1.54) is 7.05 Å². The lowest BCUT2D eigenvalue weighted by Gasteiger charge is -2.34. The zero-order valence-corrected chi connectivity index (χ0v) is 24.6. The summed E-state index contributed by atoms with van der Waals surface area (Å²) in [4.78, 5) is 58.9. The zero-order chi connectivity index (χ0) is 29.7. The van der Waals surface area contributed by atoms with Crippen molar-refractivity contribution in [3.63, 3.8) is 0 Å². The van der Waals surface area contributed by atoms with Crippen molar-refractivity contribution < 1.29 is 29.1 Å². The summed E-state index contributed by atoms with van der Waals surface area (Å²) in [7, 11) is 1.39. The molecular formula is C31H32BrN3O6. The number of ketones is 1. The van der Waals surface area contributed by atoms with E-state index in [1.54, 1.807) is 36.4 Å². The molecule has 10 heteroatoms. The van der Waals surface area contributed by atoms with Gasteiger partial charge in [-0.1, -0.05) is 102 Å². The quantitative estimate of drug-likeness (QED) is 0.303. The number of carboxylic acid groups (broad SMARTS) is 1. The van der Waals surface area contributed by atoms with E-state index in [4.69, 9.17) is 4.84 Å². The van der Waals surface area contributed by atoms with E-state index in [0.717, 1.165) is 15.7 Å². The molecule has 9 nitrogen and oxygen atoms in total. The van der Waals surface area contributed by atoms with Crippen LogP contribution in [0.3, 0.4) is 0 Å². The number of hydrogen-bond donors (Lipinski definition) is 2. The minimum atomic E-state index is -1.65. The van der Waals surface area contributed by atoms with Crippen molar-refractivity contribution >= 4 is 56.0 Å². The second-order valence-corrected chi connectivity index (χ2v) is 11.0. The molecule has 0 aliphatic carbocycles. The number of amides is 2. The summed E-state index contributed by atoms with van der Waals surface area (Å²) in [6.45, 7) is 3.87. The van der Waals surface area contributed by atoms with Gasteiger partial charge in [0.1, 0.15) is 6.04 Å². The van der Waals surface area contributed by atoms with Gasteiger partial charge in [-0.25, -0.2) is 0 Å². The molecule has 1 aliphatic heterocycles. The fourth-order valence-corrected chi connectivity index (χ4v) is 5.52. The van der Waals surface area contributed by atoms with Crippen LogP contribution in [0, 0.1) is 5.92 Å². The first-order valence-electron chi connectivity index (χ1n) is 13.3. The van der Waals surface area contributed by atoms with Gasteiger partial charge in [0.2, 0.25) is 5.60 Å². The molecule has 1 aliphatic rings. The lowest BCUT2D eigenvalue weighted by atomic mass is 9.83. The van der Waals surface area contributed by atoms with Crippen molar-refractivity contribution in [1.29, 1.82) is 0 Å². The summed E-state index contributed by atoms with van der Waals surface area (Å²) in [6.07, 6.45) is -0.553. The number of nitrogens with zero attached hydrogens (tertiary/aromatic N) is 2. The van der Waals surface area contributed by atoms with E-state index in [1.807, 2.05) is 50.2 Å². The number of alkyl halides is 1. The Morgan fingerprint density at radius 1 is 1.02 bits per heavy atom. The third-order valence-electron chi connectivity index (χ3n) is 7.34. The van der Waals surface area contributed by atoms with Crippen LogP contribution < -0.4 is 5.32 Å². The SMILES string of the molecule is CC(C)[C@H](NC(=O)c1cccc2ccccc12)C1=NOC(C(=O)N(C)[C@@H](CC(=O)O)C(=O)CBr)(c2ccccc2)C1. The number of carbonyl (C=O) groups is 4. The number of benzene rings is 3. The molecule has 3 aromatic rings. The molecule has 2 N–H and O–H groups in total. The van der Waals surface area contributed by atoms with Crippen molar-refractivity contribution in [2.75, 3.05) is 12.4 Å². The molecule has 0 spiro atoms. The predicted molar refractivity (Wildman–Crippen MR) is 159 cm³/mol. The van der Waals surface area contributed by atoms with Crippen LogP contribution in [0.4, 0.5) is 0 Å². The van der Waals surface area contributed by atoms with Crippen LogP contribution in [0.25, 0.3) is 10.8 Å². The van der Waals surface area contributed by atoms with Crippen LogP contribution in [-0.2, 0) is 24.8 Å². The molecular weight excluding hydrogens is 590 g/mol. The molecule has 0 radical (unpaired) electrons. The second kappa shape index (κ2) is 12.6. The molecule has 214 valence electrons. The number of carboxylic acids is 1. The fourth-order valence-electron chi connectivity index (χ4n) is 5.15. The predicted octanol–water partition coefficient (Wildman–Crippen LogP) is 4.53. The van der Waals surface area contributed by atoms with Gasteiger partial charge >= 0.3 is 5.97 Å². The Labute approximate surface area is 246 Å².